The number of nitrogens with two attached hydrogens (primary N) is 1. The number of rotatable bonds is 10. The lowest BCUT2D eigenvalue weighted by atomic mass is 10.1. The zero-order valence-corrected chi connectivity index (χ0v) is 18.9. The van der Waals surface area contributed by atoms with Crippen LogP contribution in [0.3, 0.4) is 0 Å². The van der Waals surface area contributed by atoms with Gasteiger partial charge in [0.2, 0.25) is 5.91 Å². The number of carbonyl (C=O) groups excluding carboxylic acids is 1. The second-order valence-corrected chi connectivity index (χ2v) is 6.93. The largest absolute Gasteiger partial charge is 0.478 e. The third-order valence-corrected chi connectivity index (χ3v) is 3.87. The molecule has 1 heterocycles. The molecule has 0 spiro atoms. The highest BCUT2D eigenvalue weighted by atomic mass is 19.4. The van der Waals surface area contributed by atoms with E-state index in [1.165, 1.54) is 12.3 Å². The van der Waals surface area contributed by atoms with Gasteiger partial charge >= 0.3 is 18.1 Å². The molecular weight excluding hydrogens is 485 g/mol. The number of guanidine groups is 1. The minimum Gasteiger partial charge on any atom is -0.478 e. The van der Waals surface area contributed by atoms with Crippen LogP contribution in [0.4, 0.5) is 24.7 Å². The van der Waals surface area contributed by atoms with Crippen LogP contribution in [0.2, 0.25) is 0 Å². The van der Waals surface area contributed by atoms with E-state index in [-0.39, 0.29) is 17.7 Å². The fourth-order valence-corrected chi connectivity index (χ4v) is 2.39. The molecule has 14 heteroatoms. The third kappa shape index (κ3) is 15.4. The Bertz CT molecular complexity index is 1050. The maximum Gasteiger partial charge on any atom is 0.408 e. The van der Waals surface area contributed by atoms with E-state index in [9.17, 15) is 27.6 Å². The van der Waals surface area contributed by atoms with Gasteiger partial charge in [0.05, 0.1) is 0 Å². The Balaban J connectivity index is 0.000000697. The van der Waals surface area contributed by atoms with Gasteiger partial charge in [-0.1, -0.05) is 18.2 Å². The lowest BCUT2D eigenvalue weighted by Crippen LogP contribution is -2.26. The molecule has 0 aliphatic carbocycles. The molecule has 0 bridgehead atoms. The van der Waals surface area contributed by atoms with E-state index in [1.807, 2.05) is 30.3 Å². The number of nitrogens with one attached hydrogen (secondary N) is 2. The second kappa shape index (κ2) is 15.4. The fraction of sp³-hybridized carbons (Fsp3) is 0.273. The van der Waals surface area contributed by atoms with E-state index < -0.39 is 24.7 Å². The van der Waals surface area contributed by atoms with Crippen molar-refractivity contribution in [1.82, 2.24) is 9.97 Å². The number of aliphatic imine (C=N–C) groups is 1. The quantitative estimate of drug-likeness (QED) is 0.139. The van der Waals surface area contributed by atoms with Gasteiger partial charge in [-0.2, -0.15) is 13.2 Å². The molecule has 194 valence electrons. The van der Waals surface area contributed by atoms with E-state index in [0.717, 1.165) is 5.69 Å². The van der Waals surface area contributed by atoms with Crippen LogP contribution >= 0.6 is 0 Å². The summed E-state index contributed by atoms with van der Waals surface area (Å²) in [6.07, 6.45) is 0.389. The molecule has 0 unspecified atom stereocenters. The molecule has 0 saturated carbocycles. The van der Waals surface area contributed by atoms with Crippen molar-refractivity contribution in [3.8, 4) is 0 Å². The fourth-order valence-electron chi connectivity index (χ4n) is 2.39. The number of hydrogen-bond donors (Lipinski definition) is 5. The van der Waals surface area contributed by atoms with Gasteiger partial charge in [-0.15, -0.1) is 0 Å². The van der Waals surface area contributed by atoms with Gasteiger partial charge in [0.1, 0.15) is 18.2 Å². The number of aromatic nitrogens is 2. The first kappa shape index (κ1) is 29.5. The molecule has 0 aliphatic rings. The van der Waals surface area contributed by atoms with Crippen LogP contribution in [0.15, 0.2) is 59.7 Å². The van der Waals surface area contributed by atoms with Crippen LogP contribution in [0.1, 0.15) is 25.1 Å². The first-order chi connectivity index (χ1) is 16.9. The van der Waals surface area contributed by atoms with Crippen molar-refractivity contribution in [3.63, 3.8) is 0 Å². The van der Waals surface area contributed by atoms with Crippen LogP contribution in [-0.2, 0) is 20.8 Å². The molecular formula is C22H25F3N6O5. The summed E-state index contributed by atoms with van der Waals surface area (Å²) < 4.78 is 36.4. The minimum absolute atomic E-state index is 0.0730. The van der Waals surface area contributed by atoms with Gasteiger partial charge in [-0.25, -0.2) is 24.5 Å². The number of benzene rings is 1. The average molecular weight is 510 g/mol. The first-order valence-corrected chi connectivity index (χ1v) is 10.4. The molecule has 1 aromatic carbocycles. The monoisotopic (exact) mass is 510 g/mol. The number of aliphatic carboxylic acids is 2. The van der Waals surface area contributed by atoms with Crippen molar-refractivity contribution >= 4 is 35.3 Å². The molecule has 0 saturated heterocycles. The van der Waals surface area contributed by atoms with Crippen molar-refractivity contribution < 1.29 is 37.8 Å². The molecule has 0 atom stereocenters. The number of anilines is 2. The Kier molecular flexibility index (Phi) is 12.7. The average Bonchev–Trinajstić information content (AvgIpc) is 2.80. The minimum atomic E-state index is -4.42. The smallest absolute Gasteiger partial charge is 0.408 e. The number of hydrogen-bond acceptors (Lipinski definition) is 6. The van der Waals surface area contributed by atoms with Crippen molar-refractivity contribution in [2.75, 3.05) is 17.2 Å². The van der Waals surface area contributed by atoms with Crippen molar-refractivity contribution in [3.05, 3.63) is 60.6 Å². The normalized spacial score (nSPS) is 11.4. The highest BCUT2D eigenvalue weighted by molar-refractivity contribution is 5.91. The maximum absolute atomic E-state index is 12.1. The highest BCUT2D eigenvalue weighted by Gasteiger charge is 2.26. The van der Waals surface area contributed by atoms with E-state index in [0.29, 0.717) is 43.7 Å². The zero-order valence-electron chi connectivity index (χ0n) is 18.9. The number of carbonyl (C=O) groups is 3. The molecule has 1 amide bonds. The summed E-state index contributed by atoms with van der Waals surface area (Å²) in [5, 5.41) is 20.9. The molecule has 2 aromatic rings. The predicted octanol–water partition coefficient (Wildman–Crippen LogP) is 2.83. The molecule has 11 nitrogen and oxygen atoms in total. The standard InChI is InChI=1S/C18H21F3N6O.C4H4O4/c19-18(20,21)12-24-17(22)27-15-10-11-23-14(26-15)8-4-5-9-16(28)25-13-6-2-1-3-7-13;5-3(6)1-2-4(7)8/h1-3,6-7,10-11H,4-5,8-9,12H2,(H,25,28)(H3,22,23,24,26,27);1-2H,(H,5,6)(H,7,8)/b;2-1-. The number of halogens is 3. The summed E-state index contributed by atoms with van der Waals surface area (Å²) in [6, 6.07) is 10.7. The van der Waals surface area contributed by atoms with Gasteiger partial charge in [0.25, 0.3) is 0 Å². The highest BCUT2D eigenvalue weighted by Crippen LogP contribution is 2.14. The summed E-state index contributed by atoms with van der Waals surface area (Å²) >= 11 is 0. The van der Waals surface area contributed by atoms with Gasteiger partial charge in [0, 0.05) is 36.9 Å². The SMILES string of the molecule is NC(=NCC(F)(F)F)Nc1ccnc(CCCCC(=O)Nc2ccccc2)n1.O=C(O)/C=C\C(=O)O. The lowest BCUT2D eigenvalue weighted by Gasteiger charge is -2.08. The number of carboxylic acid groups (broad SMARTS) is 2. The van der Waals surface area contributed by atoms with E-state index in [2.05, 4.69) is 25.6 Å². The predicted molar refractivity (Wildman–Crippen MR) is 125 cm³/mol. The third-order valence-electron chi connectivity index (χ3n) is 3.87. The summed E-state index contributed by atoms with van der Waals surface area (Å²) in [5.41, 5.74) is 6.16. The lowest BCUT2D eigenvalue weighted by molar-refractivity contribution is -0.134. The Morgan fingerprint density at radius 3 is 2.22 bits per heavy atom. The number of alkyl halides is 3. The van der Waals surface area contributed by atoms with Crippen LogP contribution in [0.25, 0.3) is 0 Å². The number of aryl methyl sites for hydroxylation is 1. The maximum atomic E-state index is 12.1. The van der Waals surface area contributed by atoms with Crippen molar-refractivity contribution in [1.29, 1.82) is 0 Å². The zero-order chi connectivity index (χ0) is 27.0. The summed E-state index contributed by atoms with van der Waals surface area (Å²) in [4.78, 5) is 42.5. The topological polar surface area (TPSA) is 180 Å². The van der Waals surface area contributed by atoms with Gasteiger partial charge in [-0.3, -0.25) is 4.79 Å². The summed E-state index contributed by atoms with van der Waals surface area (Å²) in [6.45, 7) is -1.37. The molecule has 0 fully saturated rings. The van der Waals surface area contributed by atoms with Gasteiger partial charge in [-0.05, 0) is 31.0 Å². The Hall–Kier alpha value is -4.49. The Morgan fingerprint density at radius 1 is 1.00 bits per heavy atom. The molecule has 2 rings (SSSR count). The molecule has 1 aromatic heterocycles. The second-order valence-electron chi connectivity index (χ2n) is 6.93. The van der Waals surface area contributed by atoms with E-state index >= 15 is 0 Å². The van der Waals surface area contributed by atoms with E-state index in [1.54, 1.807) is 0 Å². The van der Waals surface area contributed by atoms with Gasteiger partial charge < -0.3 is 26.6 Å². The van der Waals surface area contributed by atoms with Gasteiger partial charge in [0.15, 0.2) is 5.96 Å². The number of nitrogens with zero attached hydrogens (tertiary/aromatic N) is 3. The van der Waals surface area contributed by atoms with Crippen LogP contribution < -0.4 is 16.4 Å². The number of unbranched alkanes of at least 4 members (excludes halogenated alkanes) is 1. The number of carboxylic acids is 2. The number of para-hydroxylation sites is 1. The molecule has 0 aliphatic heterocycles. The summed E-state index contributed by atoms with van der Waals surface area (Å²) in [7, 11) is 0. The molecule has 6 N–H and O–H groups in total. The first-order valence-electron chi connectivity index (χ1n) is 10.4. The molecule has 36 heavy (non-hydrogen) atoms. The van der Waals surface area contributed by atoms with Crippen LogP contribution in [0, 0.1) is 0 Å². The van der Waals surface area contributed by atoms with Crippen molar-refractivity contribution in [2.24, 2.45) is 10.7 Å². The van der Waals surface area contributed by atoms with E-state index in [4.69, 9.17) is 15.9 Å². The van der Waals surface area contributed by atoms with Crippen LogP contribution in [-0.4, -0.2) is 56.7 Å². The molecule has 0 radical (unpaired) electrons. The Morgan fingerprint density at radius 2 is 1.64 bits per heavy atom. The van der Waals surface area contributed by atoms with Crippen molar-refractivity contribution in [2.45, 2.75) is 31.9 Å². The summed E-state index contributed by atoms with van der Waals surface area (Å²) in [5.74, 6) is -2.21. The van der Waals surface area contributed by atoms with Crippen LogP contribution in [0.5, 0.6) is 0 Å². The Labute approximate surface area is 204 Å². The number of amides is 1.